The molecule has 0 aliphatic heterocycles. The van der Waals surface area contributed by atoms with Gasteiger partial charge < -0.3 is 15.4 Å². The van der Waals surface area contributed by atoms with Crippen molar-refractivity contribution < 1.29 is 14.3 Å². The fourth-order valence-corrected chi connectivity index (χ4v) is 1.77. The molecule has 0 aliphatic rings. The Morgan fingerprint density at radius 3 is 2.65 bits per heavy atom. The van der Waals surface area contributed by atoms with E-state index >= 15 is 0 Å². The van der Waals surface area contributed by atoms with Gasteiger partial charge in [0.25, 0.3) is 0 Å². The molecule has 0 spiro atoms. The van der Waals surface area contributed by atoms with Crippen LogP contribution in [0.4, 0.5) is 10.5 Å². The maximum absolute atomic E-state index is 11.9. The van der Waals surface area contributed by atoms with Crippen LogP contribution in [0, 0.1) is 13.8 Å². The molecule has 1 atom stereocenters. The van der Waals surface area contributed by atoms with Crippen LogP contribution in [-0.2, 0) is 9.53 Å². The maximum Gasteiger partial charge on any atom is 0.319 e. The first kappa shape index (κ1) is 16.0. The second-order valence-electron chi connectivity index (χ2n) is 4.83. The Kier molecular flexibility index (Phi) is 6.03. The van der Waals surface area contributed by atoms with E-state index in [-0.39, 0.29) is 24.5 Å². The first-order chi connectivity index (χ1) is 9.42. The maximum atomic E-state index is 11.9. The molecule has 5 heteroatoms. The van der Waals surface area contributed by atoms with Crippen molar-refractivity contribution >= 4 is 17.7 Å². The Balaban J connectivity index is 2.51. The molecule has 1 unspecified atom stereocenters. The van der Waals surface area contributed by atoms with Crippen molar-refractivity contribution in [2.24, 2.45) is 0 Å². The molecule has 0 aromatic heterocycles. The van der Waals surface area contributed by atoms with Gasteiger partial charge in [-0.25, -0.2) is 4.79 Å². The minimum absolute atomic E-state index is 0.161. The number of amides is 2. The minimum atomic E-state index is -0.324. The number of hydrogen-bond acceptors (Lipinski definition) is 3. The number of nitrogens with one attached hydrogen (secondary N) is 2. The topological polar surface area (TPSA) is 67.4 Å². The number of carbonyl (C=O) groups excluding carboxylic acids is 2. The van der Waals surface area contributed by atoms with Crippen molar-refractivity contribution in [3.05, 3.63) is 29.3 Å². The molecule has 0 heterocycles. The predicted molar refractivity (Wildman–Crippen MR) is 78.8 cm³/mol. The van der Waals surface area contributed by atoms with E-state index in [2.05, 4.69) is 10.6 Å². The van der Waals surface area contributed by atoms with E-state index in [1.54, 1.807) is 13.8 Å². The Labute approximate surface area is 119 Å². The molecule has 2 N–H and O–H groups in total. The SMILES string of the molecule is CCOC(=O)CC(C)NC(=O)Nc1cc(C)ccc1C. The third-order valence-corrected chi connectivity index (χ3v) is 2.80. The molecule has 1 aromatic rings. The second kappa shape index (κ2) is 7.53. The third kappa shape index (κ3) is 5.30. The summed E-state index contributed by atoms with van der Waals surface area (Å²) < 4.78 is 4.84. The zero-order chi connectivity index (χ0) is 15.1. The molecule has 20 heavy (non-hydrogen) atoms. The summed E-state index contributed by atoms with van der Waals surface area (Å²) >= 11 is 0. The van der Waals surface area contributed by atoms with Crippen LogP contribution in [0.15, 0.2) is 18.2 Å². The van der Waals surface area contributed by atoms with Gasteiger partial charge in [0.05, 0.1) is 13.0 Å². The van der Waals surface area contributed by atoms with Crippen molar-refractivity contribution in [3.8, 4) is 0 Å². The van der Waals surface area contributed by atoms with E-state index in [0.29, 0.717) is 6.61 Å². The van der Waals surface area contributed by atoms with Gasteiger partial charge in [-0.05, 0) is 44.9 Å². The van der Waals surface area contributed by atoms with Crippen molar-refractivity contribution in [1.82, 2.24) is 5.32 Å². The number of ether oxygens (including phenoxy) is 1. The van der Waals surface area contributed by atoms with Crippen LogP contribution in [0.2, 0.25) is 0 Å². The molecule has 0 fully saturated rings. The summed E-state index contributed by atoms with van der Waals surface area (Å²) in [6.45, 7) is 7.76. The molecule has 0 saturated heterocycles. The first-order valence-electron chi connectivity index (χ1n) is 6.72. The highest BCUT2D eigenvalue weighted by Crippen LogP contribution is 2.16. The van der Waals surface area contributed by atoms with Crippen molar-refractivity contribution in [1.29, 1.82) is 0 Å². The minimum Gasteiger partial charge on any atom is -0.466 e. The zero-order valence-electron chi connectivity index (χ0n) is 12.4. The largest absolute Gasteiger partial charge is 0.466 e. The second-order valence-corrected chi connectivity index (χ2v) is 4.83. The summed E-state index contributed by atoms with van der Waals surface area (Å²) in [7, 11) is 0. The van der Waals surface area contributed by atoms with Crippen LogP contribution >= 0.6 is 0 Å². The molecular weight excluding hydrogens is 256 g/mol. The van der Waals surface area contributed by atoms with Crippen LogP contribution in [0.1, 0.15) is 31.4 Å². The summed E-state index contributed by atoms with van der Waals surface area (Å²) in [5.74, 6) is -0.313. The smallest absolute Gasteiger partial charge is 0.319 e. The molecule has 5 nitrogen and oxygen atoms in total. The fourth-order valence-electron chi connectivity index (χ4n) is 1.77. The van der Waals surface area contributed by atoms with Gasteiger partial charge in [-0.15, -0.1) is 0 Å². The lowest BCUT2D eigenvalue weighted by atomic mass is 10.1. The first-order valence-corrected chi connectivity index (χ1v) is 6.72. The number of aryl methyl sites for hydroxylation is 2. The summed E-state index contributed by atoms with van der Waals surface area (Å²) in [5, 5.41) is 5.50. The van der Waals surface area contributed by atoms with Crippen LogP contribution in [0.25, 0.3) is 0 Å². The van der Waals surface area contributed by atoms with E-state index < -0.39 is 0 Å². The molecule has 0 radical (unpaired) electrons. The molecular formula is C15H22N2O3. The van der Waals surface area contributed by atoms with E-state index in [4.69, 9.17) is 4.74 Å². The summed E-state index contributed by atoms with van der Waals surface area (Å²) in [5.41, 5.74) is 2.83. The van der Waals surface area contributed by atoms with Gasteiger partial charge in [0, 0.05) is 11.7 Å². The number of esters is 1. The molecule has 1 aromatic carbocycles. The number of hydrogen-bond donors (Lipinski definition) is 2. The van der Waals surface area contributed by atoms with Gasteiger partial charge >= 0.3 is 12.0 Å². The Morgan fingerprint density at radius 1 is 1.30 bits per heavy atom. The molecule has 0 bridgehead atoms. The Bertz CT molecular complexity index is 486. The molecule has 0 saturated carbocycles. The zero-order valence-corrected chi connectivity index (χ0v) is 12.4. The predicted octanol–water partition coefficient (Wildman–Crippen LogP) is 2.77. The van der Waals surface area contributed by atoms with Crippen molar-refractivity contribution in [3.63, 3.8) is 0 Å². The molecule has 1 rings (SSSR count). The van der Waals surface area contributed by atoms with E-state index in [9.17, 15) is 9.59 Å². The number of carbonyl (C=O) groups is 2. The van der Waals surface area contributed by atoms with Crippen LogP contribution < -0.4 is 10.6 Å². The summed E-state index contributed by atoms with van der Waals surface area (Å²) in [6, 6.07) is 5.24. The van der Waals surface area contributed by atoms with E-state index in [1.165, 1.54) is 0 Å². The standard InChI is InChI=1S/C15H22N2O3/c1-5-20-14(18)9-12(4)16-15(19)17-13-8-10(2)6-7-11(13)3/h6-8,12H,5,9H2,1-4H3,(H2,16,17,19). The highest BCUT2D eigenvalue weighted by atomic mass is 16.5. The lowest BCUT2D eigenvalue weighted by Gasteiger charge is -2.15. The van der Waals surface area contributed by atoms with Crippen LogP contribution in [0.3, 0.4) is 0 Å². The van der Waals surface area contributed by atoms with E-state index in [1.807, 2.05) is 32.0 Å². The monoisotopic (exact) mass is 278 g/mol. The lowest BCUT2D eigenvalue weighted by Crippen LogP contribution is -2.37. The number of anilines is 1. The highest BCUT2D eigenvalue weighted by Gasteiger charge is 2.13. The average Bonchev–Trinajstić information content (AvgIpc) is 2.33. The molecule has 2 amide bonds. The quantitative estimate of drug-likeness (QED) is 0.814. The molecule has 110 valence electrons. The van der Waals surface area contributed by atoms with Gasteiger partial charge in [-0.1, -0.05) is 12.1 Å². The van der Waals surface area contributed by atoms with Gasteiger partial charge in [0.15, 0.2) is 0 Å². The normalized spacial score (nSPS) is 11.6. The van der Waals surface area contributed by atoms with Crippen molar-refractivity contribution in [2.75, 3.05) is 11.9 Å². The molecule has 0 aliphatic carbocycles. The fraction of sp³-hybridized carbons (Fsp3) is 0.467. The summed E-state index contributed by atoms with van der Waals surface area (Å²) in [6.07, 6.45) is 0.161. The lowest BCUT2D eigenvalue weighted by molar-refractivity contribution is -0.143. The number of benzene rings is 1. The van der Waals surface area contributed by atoms with Gasteiger partial charge in [-0.2, -0.15) is 0 Å². The van der Waals surface area contributed by atoms with Crippen LogP contribution in [-0.4, -0.2) is 24.6 Å². The van der Waals surface area contributed by atoms with E-state index in [0.717, 1.165) is 16.8 Å². The van der Waals surface area contributed by atoms with Crippen LogP contribution in [0.5, 0.6) is 0 Å². The van der Waals surface area contributed by atoms with Gasteiger partial charge in [0.2, 0.25) is 0 Å². The third-order valence-electron chi connectivity index (χ3n) is 2.80. The number of urea groups is 1. The van der Waals surface area contributed by atoms with Crippen molar-refractivity contribution in [2.45, 2.75) is 40.2 Å². The number of rotatable bonds is 5. The van der Waals surface area contributed by atoms with Gasteiger partial charge in [-0.3, -0.25) is 4.79 Å². The Hall–Kier alpha value is -2.04. The Morgan fingerprint density at radius 2 is 2.00 bits per heavy atom. The average molecular weight is 278 g/mol. The van der Waals surface area contributed by atoms with Gasteiger partial charge in [0.1, 0.15) is 0 Å². The highest BCUT2D eigenvalue weighted by molar-refractivity contribution is 5.90. The summed E-state index contributed by atoms with van der Waals surface area (Å²) in [4.78, 5) is 23.1.